The van der Waals surface area contributed by atoms with Crippen molar-refractivity contribution in [3.63, 3.8) is 0 Å². The van der Waals surface area contributed by atoms with Crippen LogP contribution in [-0.2, 0) is 4.79 Å². The van der Waals surface area contributed by atoms with Gasteiger partial charge in [-0.25, -0.2) is 0 Å². The van der Waals surface area contributed by atoms with Crippen molar-refractivity contribution in [3.05, 3.63) is 82.6 Å². The monoisotopic (exact) mass is 396 g/mol. The van der Waals surface area contributed by atoms with Gasteiger partial charge in [-0.2, -0.15) is 0 Å². The fourth-order valence-electron chi connectivity index (χ4n) is 4.37. The minimum Gasteiger partial charge on any atom is -0.354 e. The van der Waals surface area contributed by atoms with Gasteiger partial charge in [0.05, 0.1) is 22.6 Å². The second kappa shape index (κ2) is 5.93. The van der Waals surface area contributed by atoms with Crippen molar-refractivity contribution in [3.8, 4) is 11.3 Å². The number of carbonyl (C=O) groups is 1. The molecule has 140 valence electrons. The lowest BCUT2D eigenvalue weighted by Crippen LogP contribution is -2.13. The molecule has 6 heteroatoms. The number of carbonyl (C=O) groups excluding carboxylic acids is 1. The molecule has 1 aliphatic heterocycles. The molecule has 1 atom stereocenters. The molecule has 1 unspecified atom stereocenters. The Morgan fingerprint density at radius 1 is 0.793 bits per heavy atom. The van der Waals surface area contributed by atoms with Crippen LogP contribution in [0.3, 0.4) is 0 Å². The lowest BCUT2D eigenvalue weighted by molar-refractivity contribution is -0.116. The van der Waals surface area contributed by atoms with Gasteiger partial charge < -0.3 is 20.3 Å². The van der Waals surface area contributed by atoms with E-state index >= 15 is 0 Å². The predicted octanol–water partition coefficient (Wildman–Crippen LogP) is 5.46. The summed E-state index contributed by atoms with van der Waals surface area (Å²) in [4.78, 5) is 23.0. The number of nitrogens with one attached hydrogen (secondary N) is 4. The van der Waals surface area contributed by atoms with Crippen molar-refractivity contribution in [1.29, 1.82) is 0 Å². The number of H-pyrrole nitrogens is 3. The van der Waals surface area contributed by atoms with Crippen LogP contribution >= 0.6 is 12.2 Å². The lowest BCUT2D eigenvalue weighted by atomic mass is 9.88. The van der Waals surface area contributed by atoms with Crippen molar-refractivity contribution in [2.24, 2.45) is 0 Å². The maximum absolute atomic E-state index is 13.1. The van der Waals surface area contributed by atoms with Crippen LogP contribution in [0.25, 0.3) is 33.2 Å². The van der Waals surface area contributed by atoms with Crippen LogP contribution in [0.2, 0.25) is 0 Å². The van der Waals surface area contributed by atoms with Crippen LogP contribution in [0.1, 0.15) is 17.0 Å². The number of fused-ring (bicyclic) bond motifs is 3. The lowest BCUT2D eigenvalue weighted by Gasteiger charge is -2.12. The third-order valence-electron chi connectivity index (χ3n) is 5.62. The van der Waals surface area contributed by atoms with Gasteiger partial charge in [-0.1, -0.05) is 48.5 Å². The Morgan fingerprint density at radius 2 is 1.52 bits per heavy atom. The number of imidazole rings is 1. The number of para-hydroxylation sites is 1. The zero-order chi connectivity index (χ0) is 19.5. The second-order valence-electron chi connectivity index (χ2n) is 7.31. The topological polar surface area (TPSA) is 76.5 Å². The van der Waals surface area contributed by atoms with Crippen LogP contribution in [0.15, 0.2) is 66.7 Å². The summed E-state index contributed by atoms with van der Waals surface area (Å²) in [6, 6.07) is 22.1. The van der Waals surface area contributed by atoms with E-state index in [1.165, 1.54) is 0 Å². The third-order valence-corrected chi connectivity index (χ3v) is 5.82. The first-order chi connectivity index (χ1) is 14.2. The fourth-order valence-corrected chi connectivity index (χ4v) is 4.59. The molecule has 0 saturated heterocycles. The first-order valence-corrected chi connectivity index (χ1v) is 9.83. The SMILES string of the molecule is O=C1Nc2ccccc2C1c1c(-c2ccccc2)[nH]c2cc3[nH]c(=S)[nH]c3cc12. The molecule has 6 rings (SSSR count). The number of hydrogen-bond donors (Lipinski definition) is 4. The quantitative estimate of drug-likeness (QED) is 0.299. The summed E-state index contributed by atoms with van der Waals surface area (Å²) in [5, 5.41) is 4.05. The number of benzene rings is 3. The van der Waals surface area contributed by atoms with Gasteiger partial charge in [0.2, 0.25) is 5.91 Å². The molecule has 0 spiro atoms. The van der Waals surface area contributed by atoms with E-state index in [0.29, 0.717) is 4.77 Å². The fraction of sp³-hybridized carbons (Fsp3) is 0.0435. The van der Waals surface area contributed by atoms with Crippen LogP contribution < -0.4 is 5.32 Å². The molecule has 5 aromatic rings. The molecule has 0 fully saturated rings. The van der Waals surface area contributed by atoms with E-state index < -0.39 is 0 Å². The molecule has 29 heavy (non-hydrogen) atoms. The Hall–Kier alpha value is -3.64. The average molecular weight is 396 g/mol. The van der Waals surface area contributed by atoms with Gasteiger partial charge in [-0.05, 0) is 41.5 Å². The Bertz CT molecular complexity index is 1480. The van der Waals surface area contributed by atoms with E-state index in [-0.39, 0.29) is 11.8 Å². The Labute approximate surface area is 170 Å². The summed E-state index contributed by atoms with van der Waals surface area (Å²) in [6.07, 6.45) is 0. The molecule has 0 bridgehead atoms. The molecule has 3 aromatic carbocycles. The summed E-state index contributed by atoms with van der Waals surface area (Å²) in [5.74, 6) is -0.388. The van der Waals surface area contributed by atoms with E-state index in [1.807, 2.05) is 48.5 Å². The van der Waals surface area contributed by atoms with Crippen molar-refractivity contribution in [2.45, 2.75) is 5.92 Å². The van der Waals surface area contributed by atoms with Gasteiger partial charge in [0.25, 0.3) is 0 Å². The maximum Gasteiger partial charge on any atom is 0.236 e. The number of anilines is 1. The average Bonchev–Trinajstić information content (AvgIpc) is 3.37. The molecule has 3 heterocycles. The molecule has 4 N–H and O–H groups in total. The van der Waals surface area contributed by atoms with Crippen molar-refractivity contribution >= 4 is 45.7 Å². The molecule has 0 aliphatic carbocycles. The summed E-state index contributed by atoms with van der Waals surface area (Å²) in [6.45, 7) is 0. The zero-order valence-corrected chi connectivity index (χ0v) is 16.1. The summed E-state index contributed by atoms with van der Waals surface area (Å²) < 4.78 is 0.585. The van der Waals surface area contributed by atoms with Gasteiger partial charge in [-0.3, -0.25) is 4.79 Å². The predicted molar refractivity (Wildman–Crippen MR) is 118 cm³/mol. The number of rotatable bonds is 2. The van der Waals surface area contributed by atoms with Crippen molar-refractivity contribution < 1.29 is 4.79 Å². The zero-order valence-electron chi connectivity index (χ0n) is 15.2. The van der Waals surface area contributed by atoms with Crippen molar-refractivity contribution in [1.82, 2.24) is 15.0 Å². The minimum absolute atomic E-state index is 0.00798. The van der Waals surface area contributed by atoms with E-state index in [1.54, 1.807) is 0 Å². The Balaban J connectivity index is 1.72. The Kier molecular flexibility index (Phi) is 3.34. The van der Waals surface area contributed by atoms with Crippen LogP contribution in [0, 0.1) is 4.77 Å². The first-order valence-electron chi connectivity index (χ1n) is 9.42. The van der Waals surface area contributed by atoms with E-state index in [0.717, 1.165) is 50.0 Å². The number of hydrogen-bond acceptors (Lipinski definition) is 2. The van der Waals surface area contributed by atoms with E-state index in [9.17, 15) is 4.79 Å². The molecule has 2 aromatic heterocycles. The van der Waals surface area contributed by atoms with Crippen molar-refractivity contribution in [2.75, 3.05) is 5.32 Å². The molecule has 0 radical (unpaired) electrons. The number of amides is 1. The highest BCUT2D eigenvalue weighted by Crippen LogP contribution is 2.44. The summed E-state index contributed by atoms with van der Waals surface area (Å²) in [7, 11) is 0. The molecule has 5 nitrogen and oxygen atoms in total. The molecular formula is C23H16N4OS. The Morgan fingerprint density at radius 3 is 2.34 bits per heavy atom. The smallest absolute Gasteiger partial charge is 0.236 e. The van der Waals surface area contributed by atoms with Crippen LogP contribution in [0.5, 0.6) is 0 Å². The van der Waals surface area contributed by atoms with Gasteiger partial charge in [0.1, 0.15) is 0 Å². The molecular weight excluding hydrogens is 380 g/mol. The highest BCUT2D eigenvalue weighted by Gasteiger charge is 2.35. The van der Waals surface area contributed by atoms with E-state index in [4.69, 9.17) is 12.2 Å². The largest absolute Gasteiger partial charge is 0.354 e. The summed E-state index contributed by atoms with van der Waals surface area (Å²) in [5.41, 5.74) is 7.69. The molecule has 0 saturated carbocycles. The number of aromatic nitrogens is 3. The van der Waals surface area contributed by atoms with Gasteiger partial charge in [0, 0.05) is 22.2 Å². The highest BCUT2D eigenvalue weighted by atomic mass is 32.1. The highest BCUT2D eigenvalue weighted by molar-refractivity contribution is 7.71. The van der Waals surface area contributed by atoms with Gasteiger partial charge in [0.15, 0.2) is 4.77 Å². The first kappa shape index (κ1) is 16.3. The maximum atomic E-state index is 13.1. The third kappa shape index (κ3) is 2.39. The normalized spacial score (nSPS) is 15.7. The molecule has 1 amide bonds. The van der Waals surface area contributed by atoms with Gasteiger partial charge >= 0.3 is 0 Å². The second-order valence-corrected chi connectivity index (χ2v) is 7.72. The summed E-state index contributed by atoms with van der Waals surface area (Å²) >= 11 is 5.25. The molecule has 1 aliphatic rings. The standard InChI is InChI=1S/C23H16N4OS/c28-22-20(13-8-4-5-9-15(13)25-22)19-14-10-17-18(27-23(29)26-17)11-16(14)24-21(19)12-6-2-1-3-7-12/h1-11,20,24H,(H,25,28)(H2,26,27,29). The number of aromatic amines is 3. The minimum atomic E-state index is -0.380. The van der Waals surface area contributed by atoms with Gasteiger partial charge in [-0.15, -0.1) is 0 Å². The van der Waals surface area contributed by atoms with E-state index in [2.05, 4.69) is 38.5 Å². The van der Waals surface area contributed by atoms with Crippen LogP contribution in [0.4, 0.5) is 5.69 Å². The van der Waals surface area contributed by atoms with Crippen LogP contribution in [-0.4, -0.2) is 20.9 Å².